The lowest BCUT2D eigenvalue weighted by Crippen LogP contribution is -2.57. The molecule has 2 aliphatic carbocycles. The predicted molar refractivity (Wildman–Crippen MR) is 79.3 cm³/mol. The summed E-state index contributed by atoms with van der Waals surface area (Å²) >= 11 is 5.89. The minimum absolute atomic E-state index is 0.00936. The molecule has 0 radical (unpaired) electrons. The quantitative estimate of drug-likeness (QED) is 0.879. The van der Waals surface area contributed by atoms with E-state index in [4.69, 9.17) is 16.7 Å². The molecular formula is C16H18ClNO3. The molecule has 2 saturated carbocycles. The topological polar surface area (TPSA) is 66.4 Å². The highest BCUT2D eigenvalue weighted by Crippen LogP contribution is 2.49. The van der Waals surface area contributed by atoms with Gasteiger partial charge in [0.15, 0.2) is 0 Å². The molecular weight excluding hydrogens is 290 g/mol. The van der Waals surface area contributed by atoms with Gasteiger partial charge in [-0.1, -0.05) is 23.7 Å². The lowest BCUT2D eigenvalue weighted by atomic mass is 9.73. The second-order valence-electron chi connectivity index (χ2n) is 6.25. The van der Waals surface area contributed by atoms with Gasteiger partial charge < -0.3 is 10.4 Å². The molecule has 1 amide bonds. The maximum Gasteiger partial charge on any atom is 0.305 e. The average Bonchev–Trinajstić information content (AvgIpc) is 3.18. The zero-order valence-electron chi connectivity index (χ0n) is 11.7. The summed E-state index contributed by atoms with van der Waals surface area (Å²) in [5.41, 5.74) is -0.0504. The molecule has 0 atom stereocenters. The number of benzene rings is 1. The van der Waals surface area contributed by atoms with Crippen LogP contribution in [0.3, 0.4) is 0 Å². The summed E-state index contributed by atoms with van der Waals surface area (Å²) in [4.78, 5) is 23.7. The van der Waals surface area contributed by atoms with E-state index in [9.17, 15) is 9.59 Å². The van der Waals surface area contributed by atoms with Crippen LogP contribution in [0.5, 0.6) is 0 Å². The van der Waals surface area contributed by atoms with Gasteiger partial charge in [0.2, 0.25) is 5.91 Å². The molecule has 2 fully saturated rings. The number of nitrogens with one attached hydrogen (secondary N) is 1. The Morgan fingerprint density at radius 1 is 1.14 bits per heavy atom. The van der Waals surface area contributed by atoms with Gasteiger partial charge in [-0.3, -0.25) is 9.59 Å². The first-order valence-electron chi connectivity index (χ1n) is 7.26. The Hall–Kier alpha value is -1.55. The van der Waals surface area contributed by atoms with Crippen LogP contribution in [0.25, 0.3) is 0 Å². The number of halogens is 1. The fraction of sp³-hybridized carbons (Fsp3) is 0.500. The van der Waals surface area contributed by atoms with Gasteiger partial charge in [-0.15, -0.1) is 0 Å². The third-order valence-corrected chi connectivity index (χ3v) is 5.01. The van der Waals surface area contributed by atoms with E-state index in [1.165, 1.54) is 0 Å². The minimum atomic E-state index is -0.855. The zero-order chi connectivity index (χ0) is 15.1. The molecule has 21 heavy (non-hydrogen) atoms. The van der Waals surface area contributed by atoms with Crippen LogP contribution >= 0.6 is 11.6 Å². The molecule has 2 N–H and O–H groups in total. The molecule has 0 saturated heterocycles. The third-order valence-electron chi connectivity index (χ3n) is 4.76. The van der Waals surface area contributed by atoms with Crippen molar-refractivity contribution in [3.05, 3.63) is 34.9 Å². The number of amides is 1. The van der Waals surface area contributed by atoms with Crippen molar-refractivity contribution in [2.45, 2.75) is 49.5 Å². The van der Waals surface area contributed by atoms with Crippen LogP contribution < -0.4 is 5.32 Å². The molecule has 3 rings (SSSR count). The van der Waals surface area contributed by atoms with E-state index in [1.54, 1.807) is 12.1 Å². The summed E-state index contributed by atoms with van der Waals surface area (Å²) in [6, 6.07) is 7.36. The summed E-state index contributed by atoms with van der Waals surface area (Å²) in [5, 5.41) is 12.7. The first-order valence-corrected chi connectivity index (χ1v) is 7.64. The van der Waals surface area contributed by atoms with Crippen molar-refractivity contribution in [3.63, 3.8) is 0 Å². The predicted octanol–water partition coefficient (Wildman–Crippen LogP) is 2.89. The largest absolute Gasteiger partial charge is 0.481 e. The van der Waals surface area contributed by atoms with Gasteiger partial charge >= 0.3 is 5.97 Å². The van der Waals surface area contributed by atoms with E-state index >= 15 is 0 Å². The van der Waals surface area contributed by atoms with Gasteiger partial charge in [0.05, 0.1) is 17.4 Å². The summed E-state index contributed by atoms with van der Waals surface area (Å²) < 4.78 is 0. The van der Waals surface area contributed by atoms with Gasteiger partial charge in [0.25, 0.3) is 0 Å². The molecule has 1 aromatic rings. The van der Waals surface area contributed by atoms with E-state index in [2.05, 4.69) is 5.32 Å². The molecule has 0 heterocycles. The van der Waals surface area contributed by atoms with Crippen LogP contribution in [0.2, 0.25) is 5.02 Å². The van der Waals surface area contributed by atoms with Crippen molar-refractivity contribution in [1.29, 1.82) is 0 Å². The maximum atomic E-state index is 12.7. The highest BCUT2D eigenvalue weighted by molar-refractivity contribution is 6.30. The van der Waals surface area contributed by atoms with Crippen LogP contribution in [0.1, 0.15) is 44.1 Å². The second kappa shape index (κ2) is 5.02. The first kappa shape index (κ1) is 14.4. The van der Waals surface area contributed by atoms with Crippen LogP contribution in [0, 0.1) is 0 Å². The van der Waals surface area contributed by atoms with Crippen molar-refractivity contribution in [3.8, 4) is 0 Å². The highest BCUT2D eigenvalue weighted by atomic mass is 35.5. The standard InChI is InChI=1S/C16H18ClNO3/c17-12-4-2-11(3-5-12)16(8-9-16)14(21)18-15(6-1-7-15)10-13(19)20/h2-5H,1,6-10H2,(H,18,21)(H,19,20). The molecule has 0 unspecified atom stereocenters. The second-order valence-corrected chi connectivity index (χ2v) is 6.68. The molecule has 0 spiro atoms. The number of carbonyl (C=O) groups excluding carboxylic acids is 1. The van der Waals surface area contributed by atoms with E-state index < -0.39 is 16.9 Å². The molecule has 112 valence electrons. The van der Waals surface area contributed by atoms with Crippen molar-refractivity contribution < 1.29 is 14.7 Å². The van der Waals surface area contributed by atoms with Crippen LogP contribution in [0.15, 0.2) is 24.3 Å². The molecule has 0 aliphatic heterocycles. The normalized spacial score (nSPS) is 21.2. The Bertz CT molecular complexity index is 574. The van der Waals surface area contributed by atoms with Gasteiger partial charge in [-0.25, -0.2) is 0 Å². The van der Waals surface area contributed by atoms with Crippen LogP contribution in [-0.4, -0.2) is 22.5 Å². The van der Waals surface area contributed by atoms with Gasteiger partial charge in [0, 0.05) is 5.02 Å². The van der Waals surface area contributed by atoms with E-state index in [0.29, 0.717) is 5.02 Å². The number of carboxylic acid groups (broad SMARTS) is 1. The maximum absolute atomic E-state index is 12.7. The number of hydrogen-bond acceptors (Lipinski definition) is 2. The molecule has 0 bridgehead atoms. The van der Waals surface area contributed by atoms with Crippen LogP contribution in [-0.2, 0) is 15.0 Å². The van der Waals surface area contributed by atoms with Crippen molar-refractivity contribution >= 4 is 23.5 Å². The Balaban J connectivity index is 1.75. The summed E-state index contributed by atoms with van der Waals surface area (Å²) in [5.74, 6) is -0.892. The van der Waals surface area contributed by atoms with E-state index in [0.717, 1.165) is 37.7 Å². The Kier molecular flexibility index (Phi) is 3.44. The van der Waals surface area contributed by atoms with E-state index in [-0.39, 0.29) is 12.3 Å². The minimum Gasteiger partial charge on any atom is -0.481 e. The fourth-order valence-electron chi connectivity index (χ4n) is 3.14. The van der Waals surface area contributed by atoms with Crippen molar-refractivity contribution in [2.75, 3.05) is 0 Å². The van der Waals surface area contributed by atoms with Crippen molar-refractivity contribution in [1.82, 2.24) is 5.32 Å². The molecule has 2 aliphatic rings. The lowest BCUT2D eigenvalue weighted by molar-refractivity contribution is -0.140. The number of hydrogen-bond donors (Lipinski definition) is 2. The molecule has 1 aromatic carbocycles. The fourth-order valence-corrected chi connectivity index (χ4v) is 3.27. The number of aliphatic carboxylic acids is 1. The van der Waals surface area contributed by atoms with Crippen molar-refractivity contribution in [2.24, 2.45) is 0 Å². The number of carboxylic acids is 1. The van der Waals surface area contributed by atoms with Crippen LogP contribution in [0.4, 0.5) is 0 Å². The smallest absolute Gasteiger partial charge is 0.305 e. The Morgan fingerprint density at radius 2 is 1.76 bits per heavy atom. The van der Waals surface area contributed by atoms with Gasteiger partial charge in [-0.2, -0.15) is 0 Å². The zero-order valence-corrected chi connectivity index (χ0v) is 12.4. The SMILES string of the molecule is O=C(O)CC1(NC(=O)C2(c3ccc(Cl)cc3)CC2)CCC1. The average molecular weight is 308 g/mol. The first-order chi connectivity index (χ1) is 9.96. The van der Waals surface area contributed by atoms with Gasteiger partial charge in [0.1, 0.15) is 0 Å². The lowest BCUT2D eigenvalue weighted by Gasteiger charge is -2.42. The molecule has 0 aromatic heterocycles. The number of carbonyl (C=O) groups is 2. The molecule has 5 heteroatoms. The molecule has 4 nitrogen and oxygen atoms in total. The highest BCUT2D eigenvalue weighted by Gasteiger charge is 2.54. The summed E-state index contributed by atoms with van der Waals surface area (Å²) in [6.45, 7) is 0. The van der Waals surface area contributed by atoms with E-state index in [1.807, 2.05) is 12.1 Å². The third kappa shape index (κ3) is 2.64. The number of rotatable bonds is 5. The Labute approximate surface area is 128 Å². The Morgan fingerprint density at radius 3 is 2.19 bits per heavy atom. The summed E-state index contributed by atoms with van der Waals surface area (Å²) in [7, 11) is 0. The monoisotopic (exact) mass is 307 g/mol. The summed E-state index contributed by atoms with van der Waals surface area (Å²) in [6.07, 6.45) is 4.10. The van der Waals surface area contributed by atoms with Gasteiger partial charge in [-0.05, 0) is 49.8 Å².